The highest BCUT2D eigenvalue weighted by Crippen LogP contribution is 2.32. The molecule has 0 bridgehead atoms. The quantitative estimate of drug-likeness (QED) is 0.857. The first-order valence-corrected chi connectivity index (χ1v) is 6.87. The van der Waals surface area contributed by atoms with Crippen LogP contribution in [-0.4, -0.2) is 30.5 Å². The minimum absolute atomic E-state index is 0.161. The smallest absolute Gasteiger partial charge is 0.161 e. The molecule has 2 unspecified atom stereocenters. The fraction of sp³-hybridized carbons (Fsp3) is 0.600. The van der Waals surface area contributed by atoms with Crippen LogP contribution >= 0.6 is 0 Å². The maximum atomic E-state index is 10.0. The summed E-state index contributed by atoms with van der Waals surface area (Å²) in [5.41, 5.74) is 0.471. The zero-order valence-electron chi connectivity index (χ0n) is 11.9. The van der Waals surface area contributed by atoms with Crippen LogP contribution in [0.25, 0.3) is 0 Å². The standard InChI is InChI=1S/C15H23NO3/c1-4-15(3,17)10-16-11(2)12-5-6-13-14(9-12)19-8-7-18-13/h5-6,9,11,16-17H,4,7-8,10H2,1-3H3. The summed E-state index contributed by atoms with van der Waals surface area (Å²) in [6, 6.07) is 6.15. The van der Waals surface area contributed by atoms with Gasteiger partial charge < -0.3 is 19.9 Å². The zero-order valence-corrected chi connectivity index (χ0v) is 11.9. The Morgan fingerprint density at radius 1 is 1.32 bits per heavy atom. The van der Waals surface area contributed by atoms with Gasteiger partial charge in [0.1, 0.15) is 13.2 Å². The van der Waals surface area contributed by atoms with Crippen LogP contribution in [0.5, 0.6) is 11.5 Å². The van der Waals surface area contributed by atoms with E-state index >= 15 is 0 Å². The number of nitrogens with one attached hydrogen (secondary N) is 1. The number of hydrogen-bond donors (Lipinski definition) is 2. The van der Waals surface area contributed by atoms with Crippen LogP contribution in [0.3, 0.4) is 0 Å². The number of fused-ring (bicyclic) bond motifs is 1. The zero-order chi connectivity index (χ0) is 13.9. The summed E-state index contributed by atoms with van der Waals surface area (Å²) >= 11 is 0. The van der Waals surface area contributed by atoms with Crippen molar-refractivity contribution in [2.24, 2.45) is 0 Å². The van der Waals surface area contributed by atoms with Crippen molar-refractivity contribution in [3.05, 3.63) is 23.8 Å². The van der Waals surface area contributed by atoms with Crippen LogP contribution in [0.1, 0.15) is 38.8 Å². The second-order valence-corrected chi connectivity index (χ2v) is 5.36. The van der Waals surface area contributed by atoms with Crippen LogP contribution in [0.4, 0.5) is 0 Å². The SMILES string of the molecule is CCC(C)(O)CNC(C)c1ccc2c(c1)OCCO2. The van der Waals surface area contributed by atoms with Gasteiger partial charge in [-0.05, 0) is 38.0 Å². The number of aliphatic hydroxyl groups is 1. The lowest BCUT2D eigenvalue weighted by Crippen LogP contribution is -2.38. The molecule has 1 aromatic carbocycles. The van der Waals surface area contributed by atoms with Crippen LogP contribution in [0.2, 0.25) is 0 Å². The molecule has 4 heteroatoms. The Balaban J connectivity index is 2.01. The van der Waals surface area contributed by atoms with Gasteiger partial charge in [-0.2, -0.15) is 0 Å². The highest BCUT2D eigenvalue weighted by molar-refractivity contribution is 5.44. The lowest BCUT2D eigenvalue weighted by molar-refractivity contribution is 0.0533. The maximum Gasteiger partial charge on any atom is 0.161 e. The molecule has 0 saturated carbocycles. The van der Waals surface area contributed by atoms with E-state index < -0.39 is 5.60 Å². The molecule has 19 heavy (non-hydrogen) atoms. The molecule has 1 aliphatic heterocycles. The van der Waals surface area contributed by atoms with Gasteiger partial charge in [0.15, 0.2) is 11.5 Å². The molecule has 106 valence electrons. The summed E-state index contributed by atoms with van der Waals surface area (Å²) in [6.07, 6.45) is 0.730. The average molecular weight is 265 g/mol. The molecule has 4 nitrogen and oxygen atoms in total. The minimum atomic E-state index is -0.665. The van der Waals surface area contributed by atoms with Gasteiger partial charge in [-0.1, -0.05) is 13.0 Å². The van der Waals surface area contributed by atoms with Crippen LogP contribution < -0.4 is 14.8 Å². The number of benzene rings is 1. The predicted molar refractivity (Wildman–Crippen MR) is 74.8 cm³/mol. The predicted octanol–water partition coefficient (Wildman–Crippen LogP) is 2.27. The van der Waals surface area contributed by atoms with E-state index in [1.165, 1.54) is 0 Å². The first kappa shape index (κ1) is 14.2. The summed E-state index contributed by atoms with van der Waals surface area (Å²) in [4.78, 5) is 0. The molecular formula is C15H23NO3. The highest BCUT2D eigenvalue weighted by atomic mass is 16.6. The molecule has 0 aromatic heterocycles. The van der Waals surface area contributed by atoms with Gasteiger partial charge >= 0.3 is 0 Å². The van der Waals surface area contributed by atoms with Crippen molar-refractivity contribution in [2.75, 3.05) is 19.8 Å². The van der Waals surface area contributed by atoms with Crippen molar-refractivity contribution in [2.45, 2.75) is 38.8 Å². The summed E-state index contributed by atoms with van der Waals surface area (Å²) in [5, 5.41) is 13.4. The van der Waals surface area contributed by atoms with Gasteiger partial charge in [-0.25, -0.2) is 0 Å². The number of rotatable bonds is 5. The van der Waals surface area contributed by atoms with Crippen molar-refractivity contribution in [1.82, 2.24) is 5.32 Å². The minimum Gasteiger partial charge on any atom is -0.486 e. The summed E-state index contributed by atoms with van der Waals surface area (Å²) in [5.74, 6) is 1.61. The van der Waals surface area contributed by atoms with Gasteiger partial charge in [-0.3, -0.25) is 0 Å². The Labute approximate surface area is 114 Å². The molecule has 1 aromatic rings. The van der Waals surface area contributed by atoms with Crippen molar-refractivity contribution in [1.29, 1.82) is 0 Å². The molecule has 0 radical (unpaired) electrons. The molecule has 0 aliphatic carbocycles. The van der Waals surface area contributed by atoms with Gasteiger partial charge in [0.2, 0.25) is 0 Å². The average Bonchev–Trinajstić information content (AvgIpc) is 2.44. The molecular weight excluding hydrogens is 242 g/mol. The van der Waals surface area contributed by atoms with Crippen molar-refractivity contribution >= 4 is 0 Å². The third kappa shape index (κ3) is 3.61. The Bertz CT molecular complexity index is 431. The van der Waals surface area contributed by atoms with Crippen molar-refractivity contribution < 1.29 is 14.6 Å². The van der Waals surface area contributed by atoms with E-state index in [0.29, 0.717) is 19.8 Å². The Morgan fingerprint density at radius 2 is 2.00 bits per heavy atom. The maximum absolute atomic E-state index is 10.0. The first-order chi connectivity index (χ1) is 9.02. The van der Waals surface area contributed by atoms with E-state index in [9.17, 15) is 5.11 Å². The van der Waals surface area contributed by atoms with Crippen LogP contribution in [0, 0.1) is 0 Å². The lowest BCUT2D eigenvalue weighted by Gasteiger charge is -2.25. The van der Waals surface area contributed by atoms with Gasteiger partial charge in [-0.15, -0.1) is 0 Å². The first-order valence-electron chi connectivity index (χ1n) is 6.87. The molecule has 2 N–H and O–H groups in total. The largest absolute Gasteiger partial charge is 0.486 e. The van der Waals surface area contributed by atoms with E-state index in [4.69, 9.17) is 9.47 Å². The summed E-state index contributed by atoms with van der Waals surface area (Å²) in [6.45, 7) is 7.69. The monoisotopic (exact) mass is 265 g/mol. The topological polar surface area (TPSA) is 50.7 Å². The normalized spacial score (nSPS) is 18.7. The van der Waals surface area contributed by atoms with Crippen molar-refractivity contribution in [3.8, 4) is 11.5 Å². The fourth-order valence-corrected chi connectivity index (χ4v) is 1.95. The van der Waals surface area contributed by atoms with Gasteiger partial charge in [0, 0.05) is 12.6 Å². The van der Waals surface area contributed by atoms with Crippen LogP contribution in [-0.2, 0) is 0 Å². The molecule has 2 rings (SSSR count). The third-order valence-corrected chi connectivity index (χ3v) is 3.62. The molecule has 0 saturated heterocycles. The summed E-state index contributed by atoms with van der Waals surface area (Å²) in [7, 11) is 0. The molecule has 2 atom stereocenters. The third-order valence-electron chi connectivity index (χ3n) is 3.62. The Hall–Kier alpha value is -1.26. The molecule has 1 heterocycles. The second kappa shape index (κ2) is 5.80. The fourth-order valence-electron chi connectivity index (χ4n) is 1.95. The van der Waals surface area contributed by atoms with E-state index in [1.54, 1.807) is 0 Å². The number of ether oxygens (including phenoxy) is 2. The number of hydrogen-bond acceptors (Lipinski definition) is 4. The molecule has 0 fully saturated rings. The Kier molecular flexibility index (Phi) is 4.32. The molecule has 0 spiro atoms. The Morgan fingerprint density at radius 3 is 2.68 bits per heavy atom. The second-order valence-electron chi connectivity index (χ2n) is 5.36. The molecule has 1 aliphatic rings. The van der Waals surface area contributed by atoms with E-state index in [-0.39, 0.29) is 6.04 Å². The summed E-state index contributed by atoms with van der Waals surface area (Å²) < 4.78 is 11.1. The van der Waals surface area contributed by atoms with E-state index in [0.717, 1.165) is 23.5 Å². The van der Waals surface area contributed by atoms with Crippen LogP contribution in [0.15, 0.2) is 18.2 Å². The van der Waals surface area contributed by atoms with E-state index in [1.807, 2.05) is 32.0 Å². The van der Waals surface area contributed by atoms with E-state index in [2.05, 4.69) is 12.2 Å². The molecule has 0 amide bonds. The van der Waals surface area contributed by atoms with Crippen molar-refractivity contribution in [3.63, 3.8) is 0 Å². The highest BCUT2D eigenvalue weighted by Gasteiger charge is 2.19. The lowest BCUT2D eigenvalue weighted by atomic mass is 10.0. The van der Waals surface area contributed by atoms with Gasteiger partial charge in [0.05, 0.1) is 5.60 Å². The van der Waals surface area contributed by atoms with Gasteiger partial charge in [0.25, 0.3) is 0 Å².